The molecule has 1 aromatic carbocycles. The van der Waals surface area contributed by atoms with Crippen molar-refractivity contribution in [2.24, 2.45) is 0 Å². The number of carbonyl (C=O) groups is 1. The van der Waals surface area contributed by atoms with Crippen molar-refractivity contribution < 1.29 is 9.21 Å². The summed E-state index contributed by atoms with van der Waals surface area (Å²) in [5.74, 6) is -0.0706. The van der Waals surface area contributed by atoms with Crippen LogP contribution in [0, 0.1) is 0 Å². The second kappa shape index (κ2) is 6.96. The summed E-state index contributed by atoms with van der Waals surface area (Å²) in [5.41, 5.74) is 1.59. The smallest absolute Gasteiger partial charge is 0.290 e. The molecule has 0 saturated heterocycles. The Morgan fingerprint density at radius 3 is 2.59 bits per heavy atom. The highest BCUT2D eigenvalue weighted by atomic mass is 16.3. The Bertz CT molecular complexity index is 1040. The highest BCUT2D eigenvalue weighted by Crippen LogP contribution is 2.37. The molecule has 138 valence electrons. The van der Waals surface area contributed by atoms with Gasteiger partial charge in [-0.15, -0.1) is 0 Å². The zero-order valence-corrected chi connectivity index (χ0v) is 15.4. The first kappa shape index (κ1) is 17.4. The van der Waals surface area contributed by atoms with Gasteiger partial charge in [0.2, 0.25) is 5.76 Å². The third kappa shape index (κ3) is 3.02. The van der Waals surface area contributed by atoms with Crippen LogP contribution < -0.4 is 5.43 Å². The molecule has 3 aromatic rings. The number of para-hydroxylation sites is 1. The molecule has 0 saturated carbocycles. The minimum absolute atomic E-state index is 0.142. The number of aromatic nitrogens is 1. The van der Waals surface area contributed by atoms with E-state index in [2.05, 4.69) is 9.88 Å². The standard InChI is InChI=1S/C21H21N3O3/c1-23(2)12-5-13-24-18(14-8-10-22-11-9-14)17-19(25)15-6-3-4-7-16(15)27-20(17)21(24)26/h3-4,6-11,18H,5,12-13H2,1-2H3. The zero-order chi connectivity index (χ0) is 19.0. The molecule has 0 radical (unpaired) electrons. The van der Waals surface area contributed by atoms with Gasteiger partial charge in [0, 0.05) is 18.9 Å². The molecular weight excluding hydrogens is 342 g/mol. The number of carbonyl (C=O) groups excluding carboxylic acids is 1. The van der Waals surface area contributed by atoms with Gasteiger partial charge in [0.15, 0.2) is 5.43 Å². The van der Waals surface area contributed by atoms with Gasteiger partial charge >= 0.3 is 0 Å². The van der Waals surface area contributed by atoms with E-state index in [0.717, 1.165) is 18.5 Å². The first-order chi connectivity index (χ1) is 13.1. The Kier molecular flexibility index (Phi) is 4.49. The van der Waals surface area contributed by atoms with Crippen molar-refractivity contribution in [3.63, 3.8) is 0 Å². The average molecular weight is 363 g/mol. The van der Waals surface area contributed by atoms with Crippen LogP contribution in [-0.2, 0) is 0 Å². The molecule has 1 unspecified atom stereocenters. The summed E-state index contributed by atoms with van der Waals surface area (Å²) in [4.78, 5) is 34.2. The van der Waals surface area contributed by atoms with Gasteiger partial charge in [0.1, 0.15) is 5.58 Å². The van der Waals surface area contributed by atoms with Crippen molar-refractivity contribution >= 4 is 16.9 Å². The van der Waals surface area contributed by atoms with Crippen molar-refractivity contribution in [2.45, 2.75) is 12.5 Å². The van der Waals surface area contributed by atoms with Crippen LogP contribution in [0.1, 0.15) is 34.1 Å². The molecule has 27 heavy (non-hydrogen) atoms. The summed E-state index contributed by atoms with van der Waals surface area (Å²) in [5, 5.41) is 0.498. The van der Waals surface area contributed by atoms with E-state index in [1.165, 1.54) is 0 Å². The van der Waals surface area contributed by atoms with Crippen molar-refractivity contribution in [3.05, 3.63) is 75.9 Å². The number of rotatable bonds is 5. The molecule has 1 atom stereocenters. The van der Waals surface area contributed by atoms with E-state index < -0.39 is 6.04 Å². The number of benzene rings is 1. The lowest BCUT2D eigenvalue weighted by atomic mass is 9.99. The molecule has 0 fully saturated rings. The van der Waals surface area contributed by atoms with Gasteiger partial charge < -0.3 is 14.2 Å². The van der Waals surface area contributed by atoms with Crippen LogP contribution in [0.2, 0.25) is 0 Å². The molecule has 1 aliphatic rings. The fourth-order valence-corrected chi connectivity index (χ4v) is 3.65. The van der Waals surface area contributed by atoms with Gasteiger partial charge in [-0.2, -0.15) is 0 Å². The lowest BCUT2D eigenvalue weighted by Crippen LogP contribution is -2.32. The summed E-state index contributed by atoms with van der Waals surface area (Å²) in [6.45, 7) is 1.40. The van der Waals surface area contributed by atoms with Crippen LogP contribution >= 0.6 is 0 Å². The van der Waals surface area contributed by atoms with Crippen LogP contribution in [0.5, 0.6) is 0 Å². The van der Waals surface area contributed by atoms with Crippen molar-refractivity contribution in [2.75, 3.05) is 27.2 Å². The second-order valence-electron chi connectivity index (χ2n) is 7.01. The maximum atomic E-state index is 13.2. The summed E-state index contributed by atoms with van der Waals surface area (Å²) in [7, 11) is 4.00. The molecule has 6 heteroatoms. The Hall–Kier alpha value is -2.99. The van der Waals surface area contributed by atoms with E-state index in [4.69, 9.17) is 4.42 Å². The fraction of sp³-hybridized carbons (Fsp3) is 0.286. The summed E-state index contributed by atoms with van der Waals surface area (Å²) < 4.78 is 5.89. The van der Waals surface area contributed by atoms with E-state index in [0.29, 0.717) is 23.1 Å². The molecule has 3 heterocycles. The van der Waals surface area contributed by atoms with Crippen LogP contribution in [-0.4, -0.2) is 47.9 Å². The fourth-order valence-electron chi connectivity index (χ4n) is 3.65. The number of nitrogens with zero attached hydrogens (tertiary/aromatic N) is 3. The minimum Gasteiger partial charge on any atom is -0.450 e. The lowest BCUT2D eigenvalue weighted by molar-refractivity contribution is 0.0722. The van der Waals surface area contributed by atoms with Crippen molar-refractivity contribution in [1.29, 1.82) is 0 Å². The number of amides is 1. The predicted molar refractivity (Wildman–Crippen MR) is 103 cm³/mol. The van der Waals surface area contributed by atoms with E-state index in [1.54, 1.807) is 41.6 Å². The van der Waals surface area contributed by atoms with Crippen LogP contribution in [0.4, 0.5) is 0 Å². The van der Waals surface area contributed by atoms with Crippen LogP contribution in [0.3, 0.4) is 0 Å². The molecule has 6 nitrogen and oxygen atoms in total. The van der Waals surface area contributed by atoms with Crippen molar-refractivity contribution in [3.8, 4) is 0 Å². The van der Waals surface area contributed by atoms with Gasteiger partial charge in [-0.25, -0.2) is 0 Å². The topological polar surface area (TPSA) is 66.7 Å². The van der Waals surface area contributed by atoms with E-state index in [-0.39, 0.29) is 17.1 Å². The SMILES string of the molecule is CN(C)CCCN1C(=O)c2oc3ccccc3c(=O)c2C1c1ccncc1. The molecule has 0 bridgehead atoms. The Morgan fingerprint density at radius 2 is 1.85 bits per heavy atom. The lowest BCUT2D eigenvalue weighted by Gasteiger charge is -2.25. The molecule has 0 aliphatic carbocycles. The predicted octanol–water partition coefficient (Wildman–Crippen LogP) is 2.68. The Balaban J connectivity index is 1.86. The summed E-state index contributed by atoms with van der Waals surface area (Å²) in [6.07, 6.45) is 4.17. The van der Waals surface area contributed by atoms with Crippen LogP contribution in [0.15, 0.2) is 58.0 Å². The highest BCUT2D eigenvalue weighted by molar-refractivity contribution is 5.99. The number of hydrogen-bond acceptors (Lipinski definition) is 5. The highest BCUT2D eigenvalue weighted by Gasteiger charge is 2.42. The van der Waals surface area contributed by atoms with Gasteiger partial charge in [0.25, 0.3) is 5.91 Å². The van der Waals surface area contributed by atoms with Crippen molar-refractivity contribution in [1.82, 2.24) is 14.8 Å². The van der Waals surface area contributed by atoms with Gasteiger partial charge in [-0.1, -0.05) is 12.1 Å². The number of pyridine rings is 1. The molecular formula is C21H21N3O3. The maximum Gasteiger partial charge on any atom is 0.290 e. The molecule has 4 rings (SSSR count). The van der Waals surface area contributed by atoms with E-state index >= 15 is 0 Å². The molecule has 1 amide bonds. The maximum absolute atomic E-state index is 13.2. The third-order valence-corrected chi connectivity index (χ3v) is 4.90. The monoisotopic (exact) mass is 363 g/mol. The summed E-state index contributed by atoms with van der Waals surface area (Å²) in [6, 6.07) is 10.3. The number of hydrogen-bond donors (Lipinski definition) is 0. The summed E-state index contributed by atoms with van der Waals surface area (Å²) >= 11 is 0. The minimum atomic E-state index is -0.446. The van der Waals surface area contributed by atoms with E-state index in [1.807, 2.05) is 26.2 Å². The molecule has 0 spiro atoms. The zero-order valence-electron chi connectivity index (χ0n) is 15.4. The second-order valence-corrected chi connectivity index (χ2v) is 7.01. The first-order valence-electron chi connectivity index (χ1n) is 8.99. The number of fused-ring (bicyclic) bond motifs is 2. The quantitative estimate of drug-likeness (QED) is 0.697. The third-order valence-electron chi connectivity index (χ3n) is 4.90. The molecule has 0 N–H and O–H groups in total. The molecule has 2 aromatic heterocycles. The van der Waals surface area contributed by atoms with Gasteiger partial charge in [0.05, 0.1) is 17.0 Å². The van der Waals surface area contributed by atoms with Gasteiger partial charge in [-0.05, 0) is 56.9 Å². The first-order valence-corrected chi connectivity index (χ1v) is 8.99. The normalized spacial score (nSPS) is 16.3. The van der Waals surface area contributed by atoms with E-state index in [9.17, 15) is 9.59 Å². The van der Waals surface area contributed by atoms with Crippen LogP contribution in [0.25, 0.3) is 11.0 Å². The Morgan fingerprint density at radius 1 is 1.11 bits per heavy atom. The average Bonchev–Trinajstić information content (AvgIpc) is 2.95. The molecule has 1 aliphatic heterocycles. The Labute approximate surface area is 157 Å². The largest absolute Gasteiger partial charge is 0.450 e. The van der Waals surface area contributed by atoms with Gasteiger partial charge in [-0.3, -0.25) is 14.6 Å².